The molecule has 0 radical (unpaired) electrons. The molecule has 18 heavy (non-hydrogen) atoms. The summed E-state index contributed by atoms with van der Waals surface area (Å²) in [7, 11) is -3.43. The number of halogens is 1. The fourth-order valence-electron chi connectivity index (χ4n) is 1.22. The molecule has 0 heterocycles. The van der Waals surface area contributed by atoms with Crippen LogP contribution < -0.4 is 10.5 Å². The van der Waals surface area contributed by atoms with Gasteiger partial charge in [0, 0.05) is 6.54 Å². The van der Waals surface area contributed by atoms with E-state index in [2.05, 4.69) is 9.71 Å². The SMILES string of the molecule is CCCNS(=O)(=O)c1ccc(N=C(N)CCl)cc1. The zero-order valence-corrected chi connectivity index (χ0v) is 11.6. The van der Waals surface area contributed by atoms with E-state index in [0.29, 0.717) is 12.2 Å². The Hall–Kier alpha value is -1.11. The number of nitrogens with one attached hydrogen (secondary N) is 1. The van der Waals surface area contributed by atoms with Crippen LogP contribution in [-0.4, -0.2) is 26.7 Å². The highest BCUT2D eigenvalue weighted by atomic mass is 35.5. The van der Waals surface area contributed by atoms with E-state index in [1.165, 1.54) is 12.1 Å². The first kappa shape index (κ1) is 14.9. The van der Waals surface area contributed by atoms with E-state index < -0.39 is 10.0 Å². The predicted octanol–water partition coefficient (Wildman–Crippen LogP) is 1.60. The molecule has 1 rings (SSSR count). The van der Waals surface area contributed by atoms with Crippen LogP contribution in [0.4, 0.5) is 5.69 Å². The second-order valence-corrected chi connectivity index (χ2v) is 5.66. The molecule has 1 aromatic rings. The quantitative estimate of drug-likeness (QED) is 0.474. The Balaban J connectivity index is 2.89. The molecule has 0 saturated carbocycles. The van der Waals surface area contributed by atoms with Crippen LogP contribution in [0.2, 0.25) is 0 Å². The molecular weight excluding hydrogens is 274 g/mol. The van der Waals surface area contributed by atoms with Crippen molar-refractivity contribution in [3.8, 4) is 0 Å². The maximum Gasteiger partial charge on any atom is 0.240 e. The molecule has 5 nitrogen and oxygen atoms in total. The van der Waals surface area contributed by atoms with Gasteiger partial charge in [-0.15, -0.1) is 11.6 Å². The molecule has 1 aromatic carbocycles. The van der Waals surface area contributed by atoms with E-state index in [1.807, 2.05) is 6.92 Å². The van der Waals surface area contributed by atoms with Crippen LogP contribution in [0, 0.1) is 0 Å². The van der Waals surface area contributed by atoms with Crippen LogP contribution >= 0.6 is 11.6 Å². The topological polar surface area (TPSA) is 84.5 Å². The molecule has 0 aliphatic rings. The monoisotopic (exact) mass is 289 g/mol. The Kier molecular flexibility index (Phi) is 5.58. The Morgan fingerprint density at radius 1 is 1.39 bits per heavy atom. The summed E-state index contributed by atoms with van der Waals surface area (Å²) in [5, 5.41) is 0. The number of benzene rings is 1. The van der Waals surface area contributed by atoms with Gasteiger partial charge in [0.25, 0.3) is 0 Å². The van der Waals surface area contributed by atoms with Crippen molar-refractivity contribution in [2.24, 2.45) is 10.7 Å². The van der Waals surface area contributed by atoms with Crippen LogP contribution in [0.5, 0.6) is 0 Å². The average Bonchev–Trinajstić information content (AvgIpc) is 2.37. The average molecular weight is 290 g/mol. The first-order chi connectivity index (χ1) is 8.49. The Morgan fingerprint density at radius 3 is 2.50 bits per heavy atom. The van der Waals surface area contributed by atoms with E-state index in [1.54, 1.807) is 12.1 Å². The fraction of sp³-hybridized carbons (Fsp3) is 0.364. The summed E-state index contributed by atoms with van der Waals surface area (Å²) in [6.07, 6.45) is 0.744. The van der Waals surface area contributed by atoms with Gasteiger partial charge in [0.05, 0.1) is 16.5 Å². The minimum atomic E-state index is -3.43. The summed E-state index contributed by atoms with van der Waals surface area (Å²) in [6, 6.07) is 6.14. The van der Waals surface area contributed by atoms with Crippen LogP contribution in [0.1, 0.15) is 13.3 Å². The third-order valence-electron chi connectivity index (χ3n) is 2.10. The molecule has 0 fully saturated rings. The van der Waals surface area contributed by atoms with Gasteiger partial charge in [0.1, 0.15) is 5.84 Å². The van der Waals surface area contributed by atoms with Crippen molar-refractivity contribution < 1.29 is 8.42 Å². The zero-order chi connectivity index (χ0) is 13.6. The number of nitrogens with zero attached hydrogens (tertiary/aromatic N) is 1. The lowest BCUT2D eigenvalue weighted by Gasteiger charge is -2.05. The van der Waals surface area contributed by atoms with Gasteiger partial charge >= 0.3 is 0 Å². The standard InChI is InChI=1S/C11H16ClN3O2S/c1-2-7-14-18(16,17)10-5-3-9(4-6-10)15-11(13)8-12/h3-6,14H,2,7-8H2,1H3,(H2,13,15). The van der Waals surface area contributed by atoms with Crippen molar-refractivity contribution in [2.75, 3.05) is 12.4 Å². The normalized spacial score (nSPS) is 12.7. The minimum Gasteiger partial charge on any atom is -0.386 e. The largest absolute Gasteiger partial charge is 0.386 e. The molecule has 0 spiro atoms. The molecule has 0 saturated heterocycles. The summed E-state index contributed by atoms with van der Waals surface area (Å²) >= 11 is 5.50. The van der Waals surface area contributed by atoms with Gasteiger partial charge in [-0.3, -0.25) is 0 Å². The van der Waals surface area contributed by atoms with Crippen LogP contribution in [0.25, 0.3) is 0 Å². The van der Waals surface area contributed by atoms with Gasteiger partial charge in [0.2, 0.25) is 10.0 Å². The molecule has 100 valence electrons. The molecule has 0 bridgehead atoms. The van der Waals surface area contributed by atoms with Gasteiger partial charge in [-0.25, -0.2) is 18.1 Å². The maximum absolute atomic E-state index is 11.8. The number of hydrogen-bond donors (Lipinski definition) is 2. The number of sulfonamides is 1. The Labute approximate surface area is 112 Å². The molecular formula is C11H16ClN3O2S. The number of nitrogens with two attached hydrogens (primary N) is 1. The fourth-order valence-corrected chi connectivity index (χ4v) is 2.41. The van der Waals surface area contributed by atoms with E-state index in [0.717, 1.165) is 6.42 Å². The Bertz CT molecular complexity index is 512. The van der Waals surface area contributed by atoms with E-state index >= 15 is 0 Å². The summed E-state index contributed by atoms with van der Waals surface area (Å²) in [5.41, 5.74) is 6.05. The Morgan fingerprint density at radius 2 is 2.00 bits per heavy atom. The first-order valence-corrected chi connectivity index (χ1v) is 7.50. The van der Waals surface area contributed by atoms with E-state index in [4.69, 9.17) is 17.3 Å². The third kappa shape index (κ3) is 4.29. The van der Waals surface area contributed by atoms with Gasteiger partial charge in [-0.1, -0.05) is 6.92 Å². The number of rotatable bonds is 6. The van der Waals surface area contributed by atoms with Gasteiger partial charge in [-0.2, -0.15) is 0 Å². The number of aliphatic imine (C=N–C) groups is 1. The van der Waals surface area contributed by atoms with Crippen molar-refractivity contribution in [1.82, 2.24) is 4.72 Å². The van der Waals surface area contributed by atoms with Crippen molar-refractivity contribution in [3.05, 3.63) is 24.3 Å². The second-order valence-electron chi connectivity index (χ2n) is 3.63. The smallest absolute Gasteiger partial charge is 0.240 e. The second kappa shape index (κ2) is 6.72. The highest BCUT2D eigenvalue weighted by molar-refractivity contribution is 7.89. The molecule has 0 amide bonds. The molecule has 0 atom stereocenters. The van der Waals surface area contributed by atoms with E-state index in [9.17, 15) is 8.42 Å². The predicted molar refractivity (Wildman–Crippen MR) is 73.9 cm³/mol. The van der Waals surface area contributed by atoms with Crippen molar-refractivity contribution in [1.29, 1.82) is 0 Å². The molecule has 0 unspecified atom stereocenters. The van der Waals surface area contributed by atoms with Crippen molar-refractivity contribution in [2.45, 2.75) is 18.2 Å². The van der Waals surface area contributed by atoms with Crippen molar-refractivity contribution in [3.63, 3.8) is 0 Å². The van der Waals surface area contributed by atoms with Crippen LogP contribution in [0.3, 0.4) is 0 Å². The highest BCUT2D eigenvalue weighted by Crippen LogP contribution is 2.16. The van der Waals surface area contributed by atoms with E-state index in [-0.39, 0.29) is 16.6 Å². The highest BCUT2D eigenvalue weighted by Gasteiger charge is 2.12. The summed E-state index contributed by atoms with van der Waals surface area (Å²) in [6.45, 7) is 2.32. The number of amidine groups is 1. The first-order valence-electron chi connectivity index (χ1n) is 5.48. The lowest BCUT2D eigenvalue weighted by atomic mass is 10.3. The third-order valence-corrected chi connectivity index (χ3v) is 3.85. The summed E-state index contributed by atoms with van der Waals surface area (Å²) in [4.78, 5) is 4.22. The van der Waals surface area contributed by atoms with Gasteiger partial charge in [-0.05, 0) is 30.7 Å². The molecule has 0 aromatic heterocycles. The van der Waals surface area contributed by atoms with Crippen molar-refractivity contribution >= 4 is 33.1 Å². The van der Waals surface area contributed by atoms with Crippen LogP contribution in [0.15, 0.2) is 34.2 Å². The molecule has 0 aliphatic carbocycles. The van der Waals surface area contributed by atoms with Gasteiger partial charge in [0.15, 0.2) is 0 Å². The summed E-state index contributed by atoms with van der Waals surface area (Å²) in [5.74, 6) is 0.425. The molecule has 7 heteroatoms. The zero-order valence-electron chi connectivity index (χ0n) is 10.1. The summed E-state index contributed by atoms with van der Waals surface area (Å²) < 4.78 is 26.1. The van der Waals surface area contributed by atoms with Gasteiger partial charge < -0.3 is 5.73 Å². The molecule has 0 aliphatic heterocycles. The van der Waals surface area contributed by atoms with Crippen LogP contribution in [-0.2, 0) is 10.0 Å². The molecule has 3 N–H and O–H groups in total. The lowest BCUT2D eigenvalue weighted by molar-refractivity contribution is 0.581. The number of hydrogen-bond acceptors (Lipinski definition) is 3. The lowest BCUT2D eigenvalue weighted by Crippen LogP contribution is -2.24. The maximum atomic E-state index is 11.8. The minimum absolute atomic E-state index is 0.137. The number of alkyl halides is 1.